The van der Waals surface area contributed by atoms with E-state index in [4.69, 9.17) is 0 Å². The second kappa shape index (κ2) is 4.55. The Morgan fingerprint density at radius 3 is 2.59 bits per heavy atom. The predicted octanol–water partition coefficient (Wildman–Crippen LogP) is 1.95. The van der Waals surface area contributed by atoms with Crippen molar-refractivity contribution in [2.24, 2.45) is 5.41 Å². The maximum Gasteiger partial charge on any atom is 0.159 e. The van der Waals surface area contributed by atoms with E-state index >= 15 is 0 Å². The summed E-state index contributed by atoms with van der Waals surface area (Å²) in [6.07, 6.45) is 4.77. The fraction of sp³-hybridized carbons (Fsp3) is 0.833. The Morgan fingerprint density at radius 2 is 2.00 bits per heavy atom. The van der Waals surface area contributed by atoms with Gasteiger partial charge in [0.25, 0.3) is 0 Å². The molecule has 1 saturated carbocycles. The van der Waals surface area contributed by atoms with Gasteiger partial charge >= 0.3 is 0 Å². The van der Waals surface area contributed by atoms with Crippen molar-refractivity contribution in [2.45, 2.75) is 58.9 Å². The molecule has 1 heterocycles. The van der Waals surface area contributed by atoms with Gasteiger partial charge < -0.3 is 0 Å². The molecule has 0 radical (unpaired) electrons. The minimum Gasteiger partial charge on any atom is -0.297 e. The Kier molecular flexibility index (Phi) is 3.26. The molecule has 5 nitrogen and oxygen atoms in total. The standard InChI is InChI=1S/C12H20N4O/c1-12(2,3)10(17)8-16-11(13-14-15-16)9-6-4-5-7-9/h9H,4-8H2,1-3H3. The highest BCUT2D eigenvalue weighted by Gasteiger charge is 2.27. The monoisotopic (exact) mass is 236 g/mol. The van der Waals surface area contributed by atoms with E-state index in [0.717, 1.165) is 18.7 Å². The number of hydrogen-bond acceptors (Lipinski definition) is 4. The Balaban J connectivity index is 2.11. The van der Waals surface area contributed by atoms with Crippen LogP contribution >= 0.6 is 0 Å². The van der Waals surface area contributed by atoms with Crippen molar-refractivity contribution >= 4 is 5.78 Å². The van der Waals surface area contributed by atoms with Crippen molar-refractivity contribution in [3.63, 3.8) is 0 Å². The van der Waals surface area contributed by atoms with E-state index in [1.165, 1.54) is 12.8 Å². The van der Waals surface area contributed by atoms with Gasteiger partial charge in [0.05, 0.1) is 0 Å². The van der Waals surface area contributed by atoms with Gasteiger partial charge in [0.15, 0.2) is 11.6 Å². The van der Waals surface area contributed by atoms with Crippen molar-refractivity contribution < 1.29 is 4.79 Å². The highest BCUT2D eigenvalue weighted by atomic mass is 16.1. The van der Waals surface area contributed by atoms with E-state index in [-0.39, 0.29) is 11.2 Å². The zero-order valence-electron chi connectivity index (χ0n) is 10.8. The fourth-order valence-electron chi connectivity index (χ4n) is 2.17. The van der Waals surface area contributed by atoms with E-state index in [1.54, 1.807) is 4.68 Å². The first-order valence-corrected chi connectivity index (χ1v) is 6.28. The number of nitrogens with zero attached hydrogens (tertiary/aromatic N) is 4. The van der Waals surface area contributed by atoms with Gasteiger partial charge in [-0.15, -0.1) is 5.10 Å². The molecule has 17 heavy (non-hydrogen) atoms. The number of carbonyl (C=O) groups is 1. The van der Waals surface area contributed by atoms with Crippen LogP contribution in [0.2, 0.25) is 0 Å². The average Bonchev–Trinajstić information content (AvgIpc) is 2.83. The fourth-order valence-corrected chi connectivity index (χ4v) is 2.17. The lowest BCUT2D eigenvalue weighted by molar-refractivity contribution is -0.127. The first-order valence-electron chi connectivity index (χ1n) is 6.28. The van der Waals surface area contributed by atoms with Gasteiger partial charge in [0, 0.05) is 11.3 Å². The van der Waals surface area contributed by atoms with E-state index in [2.05, 4.69) is 15.5 Å². The summed E-state index contributed by atoms with van der Waals surface area (Å²) in [6, 6.07) is 0. The van der Waals surface area contributed by atoms with Crippen molar-refractivity contribution in [2.75, 3.05) is 0 Å². The molecule has 5 heteroatoms. The van der Waals surface area contributed by atoms with Crippen LogP contribution in [0, 0.1) is 5.41 Å². The molecular weight excluding hydrogens is 216 g/mol. The van der Waals surface area contributed by atoms with E-state index in [0.29, 0.717) is 12.5 Å². The van der Waals surface area contributed by atoms with Gasteiger partial charge in [-0.1, -0.05) is 33.6 Å². The molecule has 0 saturated heterocycles. The van der Waals surface area contributed by atoms with Gasteiger partial charge in [-0.3, -0.25) is 4.79 Å². The summed E-state index contributed by atoms with van der Waals surface area (Å²) in [6.45, 7) is 6.07. The molecule has 1 aliphatic rings. The lowest BCUT2D eigenvalue weighted by atomic mass is 9.91. The van der Waals surface area contributed by atoms with Gasteiger partial charge in [-0.25, -0.2) is 4.68 Å². The van der Waals surface area contributed by atoms with Crippen LogP contribution in [0.25, 0.3) is 0 Å². The number of tetrazole rings is 1. The third-order valence-electron chi connectivity index (χ3n) is 3.41. The average molecular weight is 236 g/mol. The lowest BCUT2D eigenvalue weighted by Crippen LogP contribution is -2.26. The van der Waals surface area contributed by atoms with E-state index < -0.39 is 0 Å². The molecule has 1 aliphatic carbocycles. The van der Waals surface area contributed by atoms with Gasteiger partial charge in [-0.2, -0.15) is 0 Å². The highest BCUT2D eigenvalue weighted by molar-refractivity contribution is 5.83. The molecule has 94 valence electrons. The number of Topliss-reactive ketones (excluding diaryl/α,β-unsaturated/α-hetero) is 1. The molecule has 0 amide bonds. The lowest BCUT2D eigenvalue weighted by Gasteiger charge is -2.17. The molecular formula is C12H20N4O. The van der Waals surface area contributed by atoms with Crippen LogP contribution in [0.3, 0.4) is 0 Å². The Bertz CT molecular complexity index is 399. The molecule has 0 atom stereocenters. The Morgan fingerprint density at radius 1 is 1.35 bits per heavy atom. The SMILES string of the molecule is CC(C)(C)C(=O)Cn1nnnc1C1CCCC1. The zero-order valence-corrected chi connectivity index (χ0v) is 10.8. The van der Waals surface area contributed by atoms with Crippen molar-refractivity contribution in [3.05, 3.63) is 5.82 Å². The normalized spacial score (nSPS) is 17.6. The predicted molar refractivity (Wildman–Crippen MR) is 63.5 cm³/mol. The number of aromatic nitrogens is 4. The Labute approximate surface area is 102 Å². The Hall–Kier alpha value is -1.26. The minimum absolute atomic E-state index is 0.170. The molecule has 0 N–H and O–H groups in total. The molecule has 0 unspecified atom stereocenters. The smallest absolute Gasteiger partial charge is 0.159 e. The second-order valence-corrected chi connectivity index (χ2v) is 5.85. The van der Waals surface area contributed by atoms with Crippen LogP contribution in [-0.2, 0) is 11.3 Å². The number of hydrogen-bond donors (Lipinski definition) is 0. The number of rotatable bonds is 3. The molecule has 1 aromatic heterocycles. The van der Waals surface area contributed by atoms with Crippen LogP contribution in [0.5, 0.6) is 0 Å². The second-order valence-electron chi connectivity index (χ2n) is 5.85. The van der Waals surface area contributed by atoms with Crippen molar-refractivity contribution in [3.8, 4) is 0 Å². The largest absolute Gasteiger partial charge is 0.297 e. The van der Waals surface area contributed by atoms with Gasteiger partial charge in [0.1, 0.15) is 6.54 Å². The molecule has 0 bridgehead atoms. The first kappa shape index (κ1) is 12.2. The summed E-state index contributed by atoms with van der Waals surface area (Å²) in [4.78, 5) is 12.0. The van der Waals surface area contributed by atoms with Crippen LogP contribution in [0.4, 0.5) is 0 Å². The summed E-state index contributed by atoms with van der Waals surface area (Å²) in [5.74, 6) is 1.50. The topological polar surface area (TPSA) is 60.7 Å². The van der Waals surface area contributed by atoms with Crippen molar-refractivity contribution in [1.29, 1.82) is 0 Å². The molecule has 1 fully saturated rings. The third-order valence-corrected chi connectivity index (χ3v) is 3.41. The number of carbonyl (C=O) groups excluding carboxylic acids is 1. The summed E-state index contributed by atoms with van der Waals surface area (Å²) in [7, 11) is 0. The molecule has 2 rings (SSSR count). The molecule has 1 aromatic rings. The summed E-state index contributed by atoms with van der Waals surface area (Å²) in [5, 5.41) is 11.7. The van der Waals surface area contributed by atoms with E-state index in [1.807, 2.05) is 20.8 Å². The van der Waals surface area contributed by atoms with Gasteiger partial charge in [-0.05, 0) is 23.3 Å². The number of ketones is 1. The first-order chi connectivity index (χ1) is 7.98. The van der Waals surface area contributed by atoms with Crippen LogP contribution < -0.4 is 0 Å². The third kappa shape index (κ3) is 2.70. The summed E-state index contributed by atoms with van der Waals surface area (Å²) < 4.78 is 1.68. The zero-order chi connectivity index (χ0) is 12.5. The maximum atomic E-state index is 12.0. The maximum absolute atomic E-state index is 12.0. The van der Waals surface area contributed by atoms with Gasteiger partial charge in [0.2, 0.25) is 0 Å². The van der Waals surface area contributed by atoms with E-state index in [9.17, 15) is 4.79 Å². The van der Waals surface area contributed by atoms with Crippen LogP contribution in [0.1, 0.15) is 58.2 Å². The quantitative estimate of drug-likeness (QED) is 0.804. The van der Waals surface area contributed by atoms with Crippen LogP contribution in [0.15, 0.2) is 0 Å². The summed E-state index contributed by atoms with van der Waals surface area (Å²) >= 11 is 0. The van der Waals surface area contributed by atoms with Crippen molar-refractivity contribution in [1.82, 2.24) is 20.2 Å². The minimum atomic E-state index is -0.334. The molecule has 0 aliphatic heterocycles. The van der Waals surface area contributed by atoms with Crippen LogP contribution in [-0.4, -0.2) is 26.0 Å². The molecule has 0 aromatic carbocycles. The highest BCUT2D eigenvalue weighted by Crippen LogP contribution is 2.32. The summed E-state index contributed by atoms with van der Waals surface area (Å²) in [5.41, 5.74) is -0.334. The molecule has 0 spiro atoms.